The van der Waals surface area contributed by atoms with Crippen LogP contribution in [0.5, 0.6) is 0 Å². The maximum Gasteiger partial charge on any atom is 0.334 e. The van der Waals surface area contributed by atoms with Crippen molar-refractivity contribution in [3.05, 3.63) is 71.8 Å². The molecular weight excluding hydrogens is 292 g/mol. The first-order valence-electron chi connectivity index (χ1n) is 7.56. The highest BCUT2D eigenvalue weighted by molar-refractivity contribution is 5.95. The Morgan fingerprint density at radius 2 is 1.78 bits per heavy atom. The summed E-state index contributed by atoms with van der Waals surface area (Å²) in [5, 5.41) is 4.20. The predicted molar refractivity (Wildman–Crippen MR) is 86.8 cm³/mol. The van der Waals surface area contributed by atoms with Crippen LogP contribution >= 0.6 is 0 Å². The lowest BCUT2D eigenvalue weighted by Crippen LogP contribution is -2.46. The minimum absolute atomic E-state index is 0.313. The summed E-state index contributed by atoms with van der Waals surface area (Å²) in [5.41, 5.74) is 4.63. The van der Waals surface area contributed by atoms with Gasteiger partial charge < -0.3 is 9.47 Å². The van der Waals surface area contributed by atoms with Crippen LogP contribution in [0.15, 0.2) is 65.8 Å². The number of nitrogens with one attached hydrogen (secondary N) is 1. The lowest BCUT2D eigenvalue weighted by molar-refractivity contribution is -0.149. The van der Waals surface area contributed by atoms with E-state index in [1.54, 1.807) is 6.92 Å². The van der Waals surface area contributed by atoms with Crippen molar-refractivity contribution in [1.29, 1.82) is 0 Å². The van der Waals surface area contributed by atoms with Crippen molar-refractivity contribution in [2.45, 2.75) is 19.1 Å². The summed E-state index contributed by atoms with van der Waals surface area (Å²) < 4.78 is 11.1. The maximum absolute atomic E-state index is 12.2. The molecule has 5 nitrogen and oxygen atoms in total. The van der Waals surface area contributed by atoms with E-state index in [0.29, 0.717) is 12.5 Å². The molecule has 2 atom stereocenters. The van der Waals surface area contributed by atoms with Crippen LogP contribution in [0.25, 0.3) is 0 Å². The lowest BCUT2D eigenvalue weighted by atomic mass is 10.0. The molecule has 0 radical (unpaired) electrons. The fraction of sp³-hybridized carbons (Fsp3) is 0.222. The minimum atomic E-state index is -0.676. The van der Waals surface area contributed by atoms with Gasteiger partial charge in [-0.3, -0.25) is 5.43 Å². The molecule has 0 aliphatic carbocycles. The Morgan fingerprint density at radius 3 is 2.43 bits per heavy atom. The number of ether oxygens (including phenoxy) is 2. The SMILES string of the molecule is CCOC(=O)[C@H]1NN=C(c2ccccc2)O[C@@H]1c1ccccc1. The molecule has 1 aliphatic rings. The topological polar surface area (TPSA) is 59.9 Å². The highest BCUT2D eigenvalue weighted by atomic mass is 16.5. The highest BCUT2D eigenvalue weighted by Crippen LogP contribution is 2.27. The minimum Gasteiger partial charge on any atom is -0.465 e. The largest absolute Gasteiger partial charge is 0.465 e. The molecule has 5 heteroatoms. The number of hydrazone groups is 1. The Balaban J connectivity index is 1.91. The van der Waals surface area contributed by atoms with Crippen LogP contribution in [0.1, 0.15) is 24.2 Å². The van der Waals surface area contributed by atoms with E-state index in [-0.39, 0.29) is 5.97 Å². The van der Waals surface area contributed by atoms with Crippen LogP contribution < -0.4 is 5.43 Å². The van der Waals surface area contributed by atoms with E-state index in [1.165, 1.54) is 0 Å². The number of carbonyl (C=O) groups excluding carboxylic acids is 1. The third-order valence-electron chi connectivity index (χ3n) is 3.54. The van der Waals surface area contributed by atoms with E-state index >= 15 is 0 Å². The van der Waals surface area contributed by atoms with Crippen molar-refractivity contribution in [1.82, 2.24) is 5.43 Å². The lowest BCUT2D eigenvalue weighted by Gasteiger charge is -2.31. The molecule has 0 saturated heterocycles. The van der Waals surface area contributed by atoms with Crippen LogP contribution in [0.4, 0.5) is 0 Å². The van der Waals surface area contributed by atoms with Gasteiger partial charge in [-0.25, -0.2) is 4.79 Å². The summed E-state index contributed by atoms with van der Waals surface area (Å²) in [6.45, 7) is 2.09. The first kappa shape index (κ1) is 15.1. The van der Waals surface area contributed by atoms with Gasteiger partial charge in [0.25, 0.3) is 0 Å². The summed E-state index contributed by atoms with van der Waals surface area (Å²) in [4.78, 5) is 12.2. The van der Waals surface area contributed by atoms with Gasteiger partial charge in [0.1, 0.15) is 0 Å². The van der Waals surface area contributed by atoms with E-state index < -0.39 is 12.1 Å². The molecule has 0 bridgehead atoms. The van der Waals surface area contributed by atoms with E-state index in [0.717, 1.165) is 11.1 Å². The van der Waals surface area contributed by atoms with Gasteiger partial charge in [0.15, 0.2) is 12.1 Å². The first-order chi connectivity index (χ1) is 11.3. The molecule has 1 aliphatic heterocycles. The standard InChI is InChI=1S/C18H18N2O3/c1-2-22-18(21)15-16(13-9-5-3-6-10-13)23-17(20-19-15)14-11-7-4-8-12-14/h3-12,15-16,19H,2H2,1H3/t15-,16+/m0/s1. The Labute approximate surface area is 134 Å². The van der Waals surface area contributed by atoms with Gasteiger partial charge in [0.2, 0.25) is 5.90 Å². The van der Waals surface area contributed by atoms with Crippen molar-refractivity contribution >= 4 is 11.9 Å². The molecule has 118 valence electrons. The Morgan fingerprint density at radius 1 is 1.13 bits per heavy atom. The normalized spacial score (nSPS) is 20.0. The van der Waals surface area contributed by atoms with Crippen LogP contribution in [0.2, 0.25) is 0 Å². The van der Waals surface area contributed by atoms with Crippen LogP contribution in [0.3, 0.4) is 0 Å². The number of nitrogens with zero attached hydrogens (tertiary/aromatic N) is 1. The first-order valence-corrected chi connectivity index (χ1v) is 7.56. The van der Waals surface area contributed by atoms with E-state index in [9.17, 15) is 4.79 Å². The van der Waals surface area contributed by atoms with Gasteiger partial charge in [-0.1, -0.05) is 48.5 Å². The van der Waals surface area contributed by atoms with Gasteiger partial charge in [0.05, 0.1) is 6.61 Å². The number of esters is 1. The molecule has 0 unspecified atom stereocenters. The van der Waals surface area contributed by atoms with Crippen LogP contribution in [0, 0.1) is 0 Å². The third-order valence-corrected chi connectivity index (χ3v) is 3.54. The molecule has 0 amide bonds. The molecule has 2 aromatic carbocycles. The molecule has 3 rings (SSSR count). The Kier molecular flexibility index (Phi) is 4.57. The summed E-state index contributed by atoms with van der Waals surface area (Å²) >= 11 is 0. The number of benzene rings is 2. The zero-order chi connectivity index (χ0) is 16.1. The summed E-state index contributed by atoms with van der Waals surface area (Å²) in [7, 11) is 0. The molecular formula is C18H18N2O3. The Bertz CT molecular complexity index is 686. The highest BCUT2D eigenvalue weighted by Gasteiger charge is 2.36. The molecule has 1 N–H and O–H groups in total. The second-order valence-corrected chi connectivity index (χ2v) is 5.09. The van der Waals surface area contributed by atoms with Crippen molar-refractivity contribution in [2.75, 3.05) is 6.61 Å². The molecule has 0 aromatic heterocycles. The zero-order valence-corrected chi connectivity index (χ0v) is 12.8. The predicted octanol–water partition coefficient (Wildman–Crippen LogP) is 2.64. The van der Waals surface area contributed by atoms with Gasteiger partial charge >= 0.3 is 5.97 Å². The molecule has 0 spiro atoms. The number of hydrogen-bond acceptors (Lipinski definition) is 5. The maximum atomic E-state index is 12.2. The second kappa shape index (κ2) is 6.96. The van der Waals surface area contributed by atoms with Crippen LogP contribution in [-0.2, 0) is 14.3 Å². The molecule has 0 fully saturated rings. The number of hydrogen-bond donors (Lipinski definition) is 1. The van der Waals surface area contributed by atoms with E-state index in [1.807, 2.05) is 60.7 Å². The summed E-state index contributed by atoms with van der Waals surface area (Å²) in [5.74, 6) is 0.0808. The quantitative estimate of drug-likeness (QED) is 0.882. The molecule has 1 heterocycles. The van der Waals surface area contributed by atoms with Crippen molar-refractivity contribution in [2.24, 2.45) is 5.10 Å². The number of rotatable bonds is 4. The van der Waals surface area contributed by atoms with Gasteiger partial charge in [-0.2, -0.15) is 0 Å². The fourth-order valence-corrected chi connectivity index (χ4v) is 2.44. The molecule has 0 saturated carbocycles. The average molecular weight is 310 g/mol. The van der Waals surface area contributed by atoms with Crippen LogP contribution in [-0.4, -0.2) is 24.5 Å². The monoisotopic (exact) mass is 310 g/mol. The summed E-state index contributed by atoms with van der Waals surface area (Å²) in [6.07, 6.45) is -0.497. The second-order valence-electron chi connectivity index (χ2n) is 5.09. The molecule has 23 heavy (non-hydrogen) atoms. The third kappa shape index (κ3) is 3.34. The van der Waals surface area contributed by atoms with Crippen molar-refractivity contribution in [3.63, 3.8) is 0 Å². The summed E-state index contributed by atoms with van der Waals surface area (Å²) in [6, 6.07) is 18.5. The molecule has 2 aromatic rings. The zero-order valence-electron chi connectivity index (χ0n) is 12.8. The smallest absolute Gasteiger partial charge is 0.334 e. The van der Waals surface area contributed by atoms with E-state index in [4.69, 9.17) is 9.47 Å². The fourth-order valence-electron chi connectivity index (χ4n) is 2.44. The average Bonchev–Trinajstić information content (AvgIpc) is 2.63. The number of carbonyl (C=O) groups is 1. The van der Waals surface area contributed by atoms with Crippen molar-refractivity contribution < 1.29 is 14.3 Å². The van der Waals surface area contributed by atoms with E-state index in [2.05, 4.69) is 10.5 Å². The van der Waals surface area contributed by atoms with Gasteiger partial charge in [-0.05, 0) is 24.6 Å². The van der Waals surface area contributed by atoms with Gasteiger partial charge in [-0.15, -0.1) is 5.10 Å². The van der Waals surface area contributed by atoms with Crippen molar-refractivity contribution in [3.8, 4) is 0 Å². The Hall–Kier alpha value is -2.82. The van der Waals surface area contributed by atoms with Gasteiger partial charge in [0, 0.05) is 5.56 Å².